The molecule has 0 fully saturated rings. The molecule has 0 saturated carbocycles. The van der Waals surface area contributed by atoms with Gasteiger partial charge in [-0.05, 0) is 29.8 Å². The van der Waals surface area contributed by atoms with Crippen LogP contribution in [0.4, 0.5) is 0 Å². The van der Waals surface area contributed by atoms with Crippen molar-refractivity contribution in [3.63, 3.8) is 0 Å². The molecule has 0 saturated heterocycles. The Bertz CT molecular complexity index is 1060. The van der Waals surface area contributed by atoms with Crippen molar-refractivity contribution < 1.29 is 4.79 Å². The third-order valence-corrected chi connectivity index (χ3v) is 4.21. The molecule has 0 bridgehead atoms. The molecule has 3 heterocycles. The summed E-state index contributed by atoms with van der Waals surface area (Å²) in [6.45, 7) is 0.390. The van der Waals surface area contributed by atoms with Gasteiger partial charge in [-0.15, -0.1) is 0 Å². The van der Waals surface area contributed by atoms with Gasteiger partial charge < -0.3 is 5.32 Å². The molecule has 0 aliphatic carbocycles. The number of amides is 1. The zero-order valence-corrected chi connectivity index (χ0v) is 14.4. The lowest BCUT2D eigenvalue weighted by molar-refractivity contribution is 0.0952. The highest BCUT2D eigenvalue weighted by atomic mass is 35.5. The molecule has 1 amide bonds. The van der Waals surface area contributed by atoms with E-state index < -0.39 is 0 Å². The number of fused-ring (bicyclic) bond motifs is 1. The molecule has 26 heavy (non-hydrogen) atoms. The number of hydrogen-bond donors (Lipinski definition) is 1. The molecule has 0 aliphatic heterocycles. The Hall–Kier alpha value is -3.25. The molecule has 7 heteroatoms. The van der Waals surface area contributed by atoms with Crippen LogP contribution in [0.2, 0.25) is 5.02 Å². The number of pyridine rings is 1. The van der Waals surface area contributed by atoms with Gasteiger partial charge in [0.25, 0.3) is 5.91 Å². The van der Waals surface area contributed by atoms with Gasteiger partial charge in [-0.3, -0.25) is 9.78 Å². The molecular formula is C19H14ClN5O. The summed E-state index contributed by atoms with van der Waals surface area (Å²) >= 11 is 5.96. The number of carbonyl (C=O) groups excluding carboxylic acids is 1. The molecule has 1 N–H and O–H groups in total. The summed E-state index contributed by atoms with van der Waals surface area (Å²) in [7, 11) is 0. The zero-order chi connectivity index (χ0) is 17.9. The summed E-state index contributed by atoms with van der Waals surface area (Å²) < 4.78 is 1.65. The summed E-state index contributed by atoms with van der Waals surface area (Å²) in [5.74, 6) is -0.232. The molecule has 3 aromatic heterocycles. The molecule has 128 valence electrons. The van der Waals surface area contributed by atoms with Crippen molar-refractivity contribution in [1.29, 1.82) is 0 Å². The molecule has 4 rings (SSSR count). The Morgan fingerprint density at radius 2 is 1.92 bits per heavy atom. The monoisotopic (exact) mass is 363 g/mol. The van der Waals surface area contributed by atoms with Crippen molar-refractivity contribution in [2.75, 3.05) is 0 Å². The van der Waals surface area contributed by atoms with Gasteiger partial charge >= 0.3 is 0 Å². The Morgan fingerprint density at radius 1 is 1.08 bits per heavy atom. The van der Waals surface area contributed by atoms with Crippen molar-refractivity contribution in [1.82, 2.24) is 24.9 Å². The van der Waals surface area contributed by atoms with Gasteiger partial charge in [0, 0.05) is 35.7 Å². The lowest BCUT2D eigenvalue weighted by atomic mass is 10.1. The quantitative estimate of drug-likeness (QED) is 0.603. The minimum Gasteiger partial charge on any atom is -0.348 e. The van der Waals surface area contributed by atoms with E-state index in [1.54, 1.807) is 23.1 Å². The minimum atomic E-state index is -0.232. The number of carbonyl (C=O) groups is 1. The SMILES string of the molecule is O=C(NCc1cccnc1)c1cnn2c(-c3ccc(Cl)cc3)ccnc12. The van der Waals surface area contributed by atoms with Gasteiger partial charge in [0.15, 0.2) is 5.65 Å². The van der Waals surface area contributed by atoms with Gasteiger partial charge in [-0.25, -0.2) is 9.50 Å². The van der Waals surface area contributed by atoms with Gasteiger partial charge in [-0.2, -0.15) is 5.10 Å². The van der Waals surface area contributed by atoms with Gasteiger partial charge in [0.1, 0.15) is 5.56 Å². The molecule has 0 spiro atoms. The van der Waals surface area contributed by atoms with Crippen LogP contribution in [0.15, 0.2) is 67.3 Å². The topological polar surface area (TPSA) is 72.2 Å². The molecule has 0 unspecified atom stereocenters. The van der Waals surface area contributed by atoms with E-state index in [1.165, 1.54) is 6.20 Å². The Kier molecular flexibility index (Phi) is 4.33. The highest BCUT2D eigenvalue weighted by Crippen LogP contribution is 2.22. The first kappa shape index (κ1) is 16.2. The molecular weight excluding hydrogens is 350 g/mol. The maximum Gasteiger partial charge on any atom is 0.257 e. The second-order valence-corrected chi connectivity index (χ2v) is 6.11. The van der Waals surface area contributed by atoms with Crippen LogP contribution in [-0.2, 0) is 6.54 Å². The fourth-order valence-electron chi connectivity index (χ4n) is 2.67. The van der Waals surface area contributed by atoms with E-state index in [-0.39, 0.29) is 5.91 Å². The van der Waals surface area contributed by atoms with E-state index in [2.05, 4.69) is 20.4 Å². The normalized spacial score (nSPS) is 10.8. The first-order chi connectivity index (χ1) is 12.7. The van der Waals surface area contributed by atoms with Crippen LogP contribution in [0.5, 0.6) is 0 Å². The van der Waals surface area contributed by atoms with E-state index in [4.69, 9.17) is 11.6 Å². The maximum absolute atomic E-state index is 12.5. The first-order valence-electron chi connectivity index (χ1n) is 7.98. The summed E-state index contributed by atoms with van der Waals surface area (Å²) in [5.41, 5.74) is 3.61. The van der Waals surface area contributed by atoms with Gasteiger partial charge in [0.2, 0.25) is 0 Å². The Morgan fingerprint density at radius 3 is 2.69 bits per heavy atom. The standard InChI is InChI=1S/C19H14ClN5O/c20-15-5-3-14(4-6-15)17-7-9-22-18-16(12-24-25(17)18)19(26)23-11-13-2-1-8-21-10-13/h1-10,12H,11H2,(H,23,26). The zero-order valence-electron chi connectivity index (χ0n) is 13.6. The van der Waals surface area contributed by atoms with E-state index in [1.807, 2.05) is 42.5 Å². The number of halogens is 1. The number of benzene rings is 1. The number of hydrogen-bond acceptors (Lipinski definition) is 4. The second kappa shape index (κ2) is 6.93. The summed E-state index contributed by atoms with van der Waals surface area (Å²) in [4.78, 5) is 20.9. The average Bonchev–Trinajstić information content (AvgIpc) is 3.12. The number of rotatable bonds is 4. The van der Waals surface area contributed by atoms with Gasteiger partial charge in [-0.1, -0.05) is 29.8 Å². The summed E-state index contributed by atoms with van der Waals surface area (Å²) in [6, 6.07) is 13.0. The smallest absolute Gasteiger partial charge is 0.257 e. The fourth-order valence-corrected chi connectivity index (χ4v) is 2.80. The number of nitrogens with one attached hydrogen (secondary N) is 1. The highest BCUT2D eigenvalue weighted by molar-refractivity contribution is 6.30. The van der Waals surface area contributed by atoms with Crippen molar-refractivity contribution >= 4 is 23.2 Å². The molecule has 1 aromatic carbocycles. The molecule has 0 atom stereocenters. The van der Waals surface area contributed by atoms with Crippen LogP contribution in [0, 0.1) is 0 Å². The largest absolute Gasteiger partial charge is 0.348 e. The van der Waals surface area contributed by atoms with Crippen LogP contribution < -0.4 is 5.32 Å². The molecule has 0 aliphatic rings. The van der Waals surface area contributed by atoms with E-state index in [0.29, 0.717) is 22.8 Å². The predicted octanol–water partition coefficient (Wildman–Crippen LogP) is 3.37. The summed E-state index contributed by atoms with van der Waals surface area (Å²) in [6.07, 6.45) is 6.60. The van der Waals surface area contributed by atoms with Crippen molar-refractivity contribution in [3.8, 4) is 11.3 Å². The third kappa shape index (κ3) is 3.14. The Balaban J connectivity index is 1.64. The Labute approximate surface area is 154 Å². The fraction of sp³-hybridized carbons (Fsp3) is 0.0526. The second-order valence-electron chi connectivity index (χ2n) is 5.67. The van der Waals surface area contributed by atoms with Crippen LogP contribution in [0.1, 0.15) is 15.9 Å². The van der Waals surface area contributed by atoms with Crippen LogP contribution >= 0.6 is 11.6 Å². The molecule has 0 radical (unpaired) electrons. The third-order valence-electron chi connectivity index (χ3n) is 3.96. The lowest BCUT2D eigenvalue weighted by Crippen LogP contribution is -2.22. The predicted molar refractivity (Wildman–Crippen MR) is 98.8 cm³/mol. The lowest BCUT2D eigenvalue weighted by Gasteiger charge is -2.06. The highest BCUT2D eigenvalue weighted by Gasteiger charge is 2.16. The molecule has 4 aromatic rings. The number of nitrogens with zero attached hydrogens (tertiary/aromatic N) is 4. The summed E-state index contributed by atoms with van der Waals surface area (Å²) in [5, 5.41) is 7.87. The molecule has 6 nitrogen and oxygen atoms in total. The van der Waals surface area contributed by atoms with Gasteiger partial charge in [0.05, 0.1) is 11.9 Å². The maximum atomic E-state index is 12.5. The van der Waals surface area contributed by atoms with E-state index >= 15 is 0 Å². The first-order valence-corrected chi connectivity index (χ1v) is 8.36. The van der Waals surface area contributed by atoms with Crippen LogP contribution in [0.25, 0.3) is 16.9 Å². The van der Waals surface area contributed by atoms with E-state index in [0.717, 1.165) is 16.8 Å². The minimum absolute atomic E-state index is 0.232. The van der Waals surface area contributed by atoms with Crippen LogP contribution in [0.3, 0.4) is 0 Å². The van der Waals surface area contributed by atoms with Crippen molar-refractivity contribution in [2.45, 2.75) is 6.54 Å². The van der Waals surface area contributed by atoms with Crippen LogP contribution in [-0.4, -0.2) is 25.5 Å². The number of aromatic nitrogens is 4. The van der Waals surface area contributed by atoms with Crippen molar-refractivity contribution in [2.24, 2.45) is 0 Å². The van der Waals surface area contributed by atoms with E-state index in [9.17, 15) is 4.79 Å². The van der Waals surface area contributed by atoms with Crippen molar-refractivity contribution in [3.05, 3.63) is 83.4 Å². The average molecular weight is 364 g/mol.